The predicted octanol–water partition coefficient (Wildman–Crippen LogP) is 2.20. The summed E-state index contributed by atoms with van der Waals surface area (Å²) in [7, 11) is 0. The standard InChI is InChI=1S/C11H16N2OS/c1-7-5-10(7)12-6-11-9(3-4-15-11)13-8(2)14/h3-4,7,10,12H,5-6H2,1-2H3,(H,13,14). The van der Waals surface area contributed by atoms with Crippen molar-refractivity contribution in [2.45, 2.75) is 32.9 Å². The van der Waals surface area contributed by atoms with Crippen molar-refractivity contribution in [3.63, 3.8) is 0 Å². The van der Waals surface area contributed by atoms with Crippen molar-refractivity contribution in [2.24, 2.45) is 5.92 Å². The van der Waals surface area contributed by atoms with Gasteiger partial charge in [-0.1, -0.05) is 6.92 Å². The molecular formula is C11H16N2OS. The average molecular weight is 224 g/mol. The van der Waals surface area contributed by atoms with Crippen LogP contribution in [0.2, 0.25) is 0 Å². The number of amides is 1. The second-order valence-corrected chi connectivity index (χ2v) is 5.14. The quantitative estimate of drug-likeness (QED) is 0.823. The second-order valence-electron chi connectivity index (χ2n) is 4.14. The molecule has 1 aliphatic rings. The highest BCUT2D eigenvalue weighted by Gasteiger charge is 2.31. The maximum atomic E-state index is 10.9. The molecule has 1 aliphatic carbocycles. The van der Waals surface area contributed by atoms with Crippen LogP contribution in [0, 0.1) is 5.92 Å². The maximum Gasteiger partial charge on any atom is 0.221 e. The molecule has 82 valence electrons. The van der Waals surface area contributed by atoms with E-state index in [0.717, 1.165) is 18.2 Å². The summed E-state index contributed by atoms with van der Waals surface area (Å²) in [4.78, 5) is 12.2. The van der Waals surface area contributed by atoms with Gasteiger partial charge in [-0.25, -0.2) is 0 Å². The summed E-state index contributed by atoms with van der Waals surface area (Å²) in [6.45, 7) is 4.65. The van der Waals surface area contributed by atoms with Crippen molar-refractivity contribution in [3.05, 3.63) is 16.3 Å². The van der Waals surface area contributed by atoms with E-state index < -0.39 is 0 Å². The number of anilines is 1. The Morgan fingerprint density at radius 3 is 3.00 bits per heavy atom. The van der Waals surface area contributed by atoms with Crippen molar-refractivity contribution in [2.75, 3.05) is 5.32 Å². The summed E-state index contributed by atoms with van der Waals surface area (Å²) < 4.78 is 0. The largest absolute Gasteiger partial charge is 0.325 e. The molecule has 1 amide bonds. The minimum absolute atomic E-state index is 0.00515. The molecule has 4 heteroatoms. The lowest BCUT2D eigenvalue weighted by atomic mass is 10.3. The first-order valence-corrected chi connectivity index (χ1v) is 6.12. The zero-order chi connectivity index (χ0) is 10.8. The van der Waals surface area contributed by atoms with Gasteiger partial charge in [-0.3, -0.25) is 4.79 Å². The first-order chi connectivity index (χ1) is 7.16. The first-order valence-electron chi connectivity index (χ1n) is 5.24. The van der Waals surface area contributed by atoms with Crippen LogP contribution < -0.4 is 10.6 Å². The van der Waals surface area contributed by atoms with Gasteiger partial charge in [-0.05, 0) is 23.8 Å². The van der Waals surface area contributed by atoms with Gasteiger partial charge >= 0.3 is 0 Å². The van der Waals surface area contributed by atoms with E-state index in [0.29, 0.717) is 6.04 Å². The fourth-order valence-electron chi connectivity index (χ4n) is 1.61. The lowest BCUT2D eigenvalue weighted by Gasteiger charge is -2.05. The van der Waals surface area contributed by atoms with E-state index in [1.807, 2.05) is 11.4 Å². The summed E-state index contributed by atoms with van der Waals surface area (Å²) in [5, 5.41) is 8.33. The number of hydrogen-bond acceptors (Lipinski definition) is 3. The smallest absolute Gasteiger partial charge is 0.221 e. The minimum atomic E-state index is -0.00515. The van der Waals surface area contributed by atoms with Gasteiger partial charge in [0.25, 0.3) is 0 Å². The molecule has 2 rings (SSSR count). The van der Waals surface area contributed by atoms with Gasteiger partial charge in [0.2, 0.25) is 5.91 Å². The molecule has 2 N–H and O–H groups in total. The molecule has 15 heavy (non-hydrogen) atoms. The monoisotopic (exact) mass is 224 g/mol. The summed E-state index contributed by atoms with van der Waals surface area (Å²) in [5.41, 5.74) is 0.952. The Morgan fingerprint density at radius 1 is 1.67 bits per heavy atom. The molecular weight excluding hydrogens is 208 g/mol. The molecule has 3 nitrogen and oxygen atoms in total. The average Bonchev–Trinajstić information content (AvgIpc) is 2.69. The van der Waals surface area contributed by atoms with Crippen molar-refractivity contribution in [3.8, 4) is 0 Å². The van der Waals surface area contributed by atoms with Crippen molar-refractivity contribution in [1.29, 1.82) is 0 Å². The highest BCUT2D eigenvalue weighted by atomic mass is 32.1. The Labute approximate surface area is 93.9 Å². The molecule has 2 atom stereocenters. The summed E-state index contributed by atoms with van der Waals surface area (Å²) in [6.07, 6.45) is 1.28. The summed E-state index contributed by atoms with van der Waals surface area (Å²) in [5.74, 6) is 0.809. The van der Waals surface area contributed by atoms with Gasteiger partial charge in [0, 0.05) is 24.4 Å². The van der Waals surface area contributed by atoms with Crippen molar-refractivity contribution < 1.29 is 4.79 Å². The normalized spacial score (nSPS) is 23.9. The van der Waals surface area contributed by atoms with E-state index in [1.54, 1.807) is 11.3 Å². The van der Waals surface area contributed by atoms with Gasteiger partial charge < -0.3 is 10.6 Å². The van der Waals surface area contributed by atoms with E-state index >= 15 is 0 Å². The molecule has 1 heterocycles. The van der Waals surface area contributed by atoms with E-state index in [2.05, 4.69) is 17.6 Å². The number of nitrogens with one attached hydrogen (secondary N) is 2. The van der Waals surface area contributed by atoms with E-state index in [9.17, 15) is 4.79 Å². The number of carbonyl (C=O) groups excluding carboxylic acids is 1. The molecule has 2 unspecified atom stereocenters. The van der Waals surface area contributed by atoms with Crippen LogP contribution in [0.1, 0.15) is 25.1 Å². The zero-order valence-corrected chi connectivity index (χ0v) is 9.86. The third-order valence-electron chi connectivity index (χ3n) is 2.69. The number of rotatable bonds is 4. The van der Waals surface area contributed by atoms with Gasteiger partial charge in [0.1, 0.15) is 0 Å². The summed E-state index contributed by atoms with van der Waals surface area (Å²) >= 11 is 1.69. The lowest BCUT2D eigenvalue weighted by molar-refractivity contribution is -0.114. The van der Waals surface area contributed by atoms with Crippen LogP contribution in [0.25, 0.3) is 0 Å². The maximum absolute atomic E-state index is 10.9. The van der Waals surface area contributed by atoms with Crippen molar-refractivity contribution >= 4 is 22.9 Å². The fraction of sp³-hybridized carbons (Fsp3) is 0.545. The molecule has 0 aliphatic heterocycles. The molecule has 0 radical (unpaired) electrons. The van der Waals surface area contributed by atoms with E-state index in [-0.39, 0.29) is 5.91 Å². The first kappa shape index (κ1) is 10.6. The Morgan fingerprint density at radius 2 is 2.40 bits per heavy atom. The van der Waals surface area contributed by atoms with Gasteiger partial charge in [0.15, 0.2) is 0 Å². The van der Waals surface area contributed by atoms with Crippen LogP contribution >= 0.6 is 11.3 Å². The SMILES string of the molecule is CC(=O)Nc1ccsc1CNC1CC1C. The Kier molecular flexibility index (Phi) is 3.07. The highest BCUT2D eigenvalue weighted by Crippen LogP contribution is 2.30. The lowest BCUT2D eigenvalue weighted by Crippen LogP contribution is -2.17. The van der Waals surface area contributed by atoms with Crippen LogP contribution in [0.5, 0.6) is 0 Å². The van der Waals surface area contributed by atoms with E-state index in [4.69, 9.17) is 0 Å². The van der Waals surface area contributed by atoms with Crippen LogP contribution in [-0.2, 0) is 11.3 Å². The van der Waals surface area contributed by atoms with E-state index in [1.165, 1.54) is 18.2 Å². The minimum Gasteiger partial charge on any atom is -0.325 e. The number of carbonyl (C=O) groups is 1. The molecule has 1 saturated carbocycles. The second kappa shape index (κ2) is 4.33. The van der Waals surface area contributed by atoms with Crippen LogP contribution in [0.4, 0.5) is 5.69 Å². The van der Waals surface area contributed by atoms with Gasteiger partial charge in [0.05, 0.1) is 5.69 Å². The Balaban J connectivity index is 1.89. The van der Waals surface area contributed by atoms with Crippen LogP contribution in [-0.4, -0.2) is 11.9 Å². The van der Waals surface area contributed by atoms with Gasteiger partial charge in [-0.2, -0.15) is 0 Å². The number of thiophene rings is 1. The Hall–Kier alpha value is -0.870. The predicted molar refractivity (Wildman–Crippen MR) is 63.0 cm³/mol. The van der Waals surface area contributed by atoms with Crippen molar-refractivity contribution in [1.82, 2.24) is 5.32 Å². The number of hydrogen-bond donors (Lipinski definition) is 2. The third-order valence-corrected chi connectivity index (χ3v) is 3.61. The highest BCUT2D eigenvalue weighted by molar-refractivity contribution is 7.10. The molecule has 0 saturated heterocycles. The molecule has 0 spiro atoms. The topological polar surface area (TPSA) is 41.1 Å². The third kappa shape index (κ3) is 2.79. The molecule has 1 fully saturated rings. The summed E-state index contributed by atoms with van der Waals surface area (Å²) in [6, 6.07) is 2.64. The molecule has 1 aromatic heterocycles. The molecule has 0 bridgehead atoms. The van der Waals surface area contributed by atoms with Gasteiger partial charge in [-0.15, -0.1) is 11.3 Å². The fourth-order valence-corrected chi connectivity index (χ4v) is 2.39. The van der Waals surface area contributed by atoms with Crippen LogP contribution in [0.15, 0.2) is 11.4 Å². The van der Waals surface area contributed by atoms with Crippen LogP contribution in [0.3, 0.4) is 0 Å². The zero-order valence-electron chi connectivity index (χ0n) is 9.04. The molecule has 1 aromatic rings. The molecule has 0 aromatic carbocycles. The Bertz CT molecular complexity index is 361.